The zero-order valence-corrected chi connectivity index (χ0v) is 19.5. The van der Waals surface area contributed by atoms with E-state index in [9.17, 15) is 23.7 Å². The molecule has 8 nitrogen and oxygen atoms in total. The topological polar surface area (TPSA) is 122 Å². The number of carbonyl (C=O) groups is 3. The molecular formula is C24H30N2O6S. The van der Waals surface area contributed by atoms with Crippen LogP contribution in [0.4, 0.5) is 4.79 Å². The maximum absolute atomic E-state index is 12.8. The van der Waals surface area contributed by atoms with Crippen LogP contribution in [0.1, 0.15) is 32.3 Å². The van der Waals surface area contributed by atoms with Crippen molar-refractivity contribution >= 4 is 28.8 Å². The molecule has 3 atom stereocenters. The summed E-state index contributed by atoms with van der Waals surface area (Å²) in [6.45, 7) is 3.82. The third-order valence-electron chi connectivity index (χ3n) is 4.74. The Bertz CT molecular complexity index is 936. The predicted octanol–water partition coefficient (Wildman–Crippen LogP) is 3.09. The summed E-state index contributed by atoms with van der Waals surface area (Å²) in [5.74, 6) is -1.73. The molecule has 0 heterocycles. The van der Waals surface area contributed by atoms with Gasteiger partial charge in [-0.1, -0.05) is 62.4 Å². The minimum atomic E-state index is -1.39. The highest BCUT2D eigenvalue weighted by Crippen LogP contribution is 2.10. The van der Waals surface area contributed by atoms with Gasteiger partial charge < -0.3 is 20.5 Å². The average Bonchev–Trinajstić information content (AvgIpc) is 2.80. The van der Waals surface area contributed by atoms with Crippen molar-refractivity contribution in [1.82, 2.24) is 10.6 Å². The molecule has 0 saturated carbocycles. The van der Waals surface area contributed by atoms with Crippen molar-refractivity contribution in [3.05, 3.63) is 66.2 Å². The summed E-state index contributed by atoms with van der Waals surface area (Å²) >= 11 is 0. The Labute approximate surface area is 196 Å². The van der Waals surface area contributed by atoms with Gasteiger partial charge in [0.2, 0.25) is 5.91 Å². The zero-order chi connectivity index (χ0) is 24.2. The van der Waals surface area contributed by atoms with E-state index < -0.39 is 40.9 Å². The number of carboxylic acids is 1. The Morgan fingerprint density at radius 1 is 0.939 bits per heavy atom. The number of nitrogens with one attached hydrogen (secondary N) is 2. The predicted molar refractivity (Wildman–Crippen MR) is 125 cm³/mol. The van der Waals surface area contributed by atoms with Crippen LogP contribution in [0.2, 0.25) is 0 Å². The van der Waals surface area contributed by atoms with Crippen molar-refractivity contribution in [3.8, 4) is 0 Å². The Morgan fingerprint density at radius 3 is 2.12 bits per heavy atom. The van der Waals surface area contributed by atoms with Gasteiger partial charge >= 0.3 is 12.1 Å². The fourth-order valence-corrected chi connectivity index (χ4v) is 4.20. The Balaban J connectivity index is 1.94. The molecule has 2 amide bonds. The summed E-state index contributed by atoms with van der Waals surface area (Å²) in [5, 5.41) is 14.5. The number of hydrogen-bond acceptors (Lipinski definition) is 5. The van der Waals surface area contributed by atoms with E-state index in [1.807, 2.05) is 44.2 Å². The number of benzene rings is 2. The first-order chi connectivity index (χ1) is 15.8. The van der Waals surface area contributed by atoms with Gasteiger partial charge in [-0.15, -0.1) is 0 Å². The van der Waals surface area contributed by atoms with Gasteiger partial charge in [-0.25, -0.2) is 9.59 Å². The average molecular weight is 475 g/mol. The molecule has 0 saturated heterocycles. The molecule has 178 valence electrons. The van der Waals surface area contributed by atoms with Crippen LogP contribution in [0.25, 0.3) is 0 Å². The molecule has 9 heteroatoms. The second-order valence-corrected chi connectivity index (χ2v) is 9.51. The SMILES string of the molecule is CC(C)C[C@H](NC(=O)OCc1ccccc1)C(=O)N[C@@H](CC[S@](=O)c1ccccc1)C(=O)O. The fourth-order valence-electron chi connectivity index (χ4n) is 3.05. The smallest absolute Gasteiger partial charge is 0.408 e. The maximum Gasteiger partial charge on any atom is 0.408 e. The largest absolute Gasteiger partial charge is 0.480 e. The van der Waals surface area contributed by atoms with E-state index in [1.54, 1.807) is 30.3 Å². The summed E-state index contributed by atoms with van der Waals surface area (Å²) in [6, 6.07) is 15.6. The molecule has 33 heavy (non-hydrogen) atoms. The Morgan fingerprint density at radius 2 is 1.55 bits per heavy atom. The summed E-state index contributed by atoms with van der Waals surface area (Å²) < 4.78 is 17.6. The molecule has 0 unspecified atom stereocenters. The highest BCUT2D eigenvalue weighted by molar-refractivity contribution is 7.85. The van der Waals surface area contributed by atoms with E-state index in [-0.39, 0.29) is 24.7 Å². The summed E-state index contributed by atoms with van der Waals surface area (Å²) in [6.07, 6.45) is -0.485. The zero-order valence-electron chi connectivity index (χ0n) is 18.7. The third kappa shape index (κ3) is 9.44. The van der Waals surface area contributed by atoms with E-state index in [0.29, 0.717) is 11.3 Å². The minimum absolute atomic E-state index is 0.0184. The van der Waals surface area contributed by atoms with E-state index >= 15 is 0 Å². The lowest BCUT2D eigenvalue weighted by Crippen LogP contribution is -2.52. The van der Waals surface area contributed by atoms with E-state index in [1.165, 1.54) is 0 Å². The van der Waals surface area contributed by atoms with Crippen LogP contribution in [0, 0.1) is 5.92 Å². The molecule has 2 aromatic rings. The Hall–Kier alpha value is -3.20. The first-order valence-corrected chi connectivity index (χ1v) is 12.0. The number of ether oxygens (including phenoxy) is 1. The molecule has 0 aromatic heterocycles. The van der Waals surface area contributed by atoms with Crippen molar-refractivity contribution in [3.63, 3.8) is 0 Å². The number of carboxylic acid groups (broad SMARTS) is 1. The summed E-state index contributed by atoms with van der Waals surface area (Å²) in [4.78, 5) is 37.3. The van der Waals surface area contributed by atoms with Gasteiger partial charge in [-0.05, 0) is 36.5 Å². The second kappa shape index (κ2) is 13.4. The van der Waals surface area contributed by atoms with Crippen LogP contribution < -0.4 is 10.6 Å². The lowest BCUT2D eigenvalue weighted by atomic mass is 10.0. The number of rotatable bonds is 12. The van der Waals surface area contributed by atoms with Crippen LogP contribution >= 0.6 is 0 Å². The van der Waals surface area contributed by atoms with Crippen molar-refractivity contribution in [2.45, 2.75) is 50.3 Å². The number of carbonyl (C=O) groups excluding carboxylic acids is 2. The molecular weight excluding hydrogens is 444 g/mol. The second-order valence-electron chi connectivity index (χ2n) is 7.94. The molecule has 3 N–H and O–H groups in total. The van der Waals surface area contributed by atoms with Crippen LogP contribution in [0.15, 0.2) is 65.6 Å². The number of alkyl carbamates (subject to hydrolysis) is 1. The van der Waals surface area contributed by atoms with Crippen molar-refractivity contribution in [2.75, 3.05) is 5.75 Å². The van der Waals surface area contributed by atoms with Crippen molar-refractivity contribution < 1.29 is 28.4 Å². The van der Waals surface area contributed by atoms with Gasteiger partial charge in [0.05, 0.1) is 10.8 Å². The van der Waals surface area contributed by atoms with Crippen LogP contribution in [0.3, 0.4) is 0 Å². The fraction of sp³-hybridized carbons (Fsp3) is 0.375. The van der Waals surface area contributed by atoms with Crippen LogP contribution in [-0.4, -0.2) is 45.1 Å². The third-order valence-corrected chi connectivity index (χ3v) is 6.15. The van der Waals surface area contributed by atoms with E-state index in [0.717, 1.165) is 5.56 Å². The van der Waals surface area contributed by atoms with E-state index in [2.05, 4.69) is 10.6 Å². The van der Waals surface area contributed by atoms with Gasteiger partial charge in [0.1, 0.15) is 18.7 Å². The Kier molecular flexibility index (Phi) is 10.6. The first kappa shape index (κ1) is 26.1. The molecule has 0 bridgehead atoms. The molecule has 0 fully saturated rings. The van der Waals surface area contributed by atoms with Crippen molar-refractivity contribution in [2.24, 2.45) is 5.92 Å². The standard InChI is InChI=1S/C24H30N2O6S/c1-17(2)15-21(26-24(30)32-16-18-9-5-3-6-10-18)22(27)25-20(23(28)29)13-14-33(31)19-11-7-4-8-12-19/h3-12,17,20-21H,13-16H2,1-2H3,(H,25,27)(H,26,30)(H,28,29)/t20-,21-,33-/m0/s1. The highest BCUT2D eigenvalue weighted by atomic mass is 32.2. The highest BCUT2D eigenvalue weighted by Gasteiger charge is 2.28. The van der Waals surface area contributed by atoms with Crippen LogP contribution in [-0.2, 0) is 31.7 Å². The molecule has 0 aliphatic carbocycles. The quantitative estimate of drug-likeness (QED) is 0.435. The van der Waals surface area contributed by atoms with Gasteiger partial charge in [0, 0.05) is 10.6 Å². The van der Waals surface area contributed by atoms with Gasteiger partial charge in [0.25, 0.3) is 0 Å². The van der Waals surface area contributed by atoms with Gasteiger partial charge in [-0.2, -0.15) is 0 Å². The molecule has 0 radical (unpaired) electrons. The molecule has 2 rings (SSSR count). The first-order valence-electron chi connectivity index (χ1n) is 10.7. The lowest BCUT2D eigenvalue weighted by Gasteiger charge is -2.22. The molecule has 0 aliphatic heterocycles. The summed E-state index contributed by atoms with van der Waals surface area (Å²) in [7, 11) is -1.39. The maximum atomic E-state index is 12.8. The number of amides is 2. The molecule has 2 aromatic carbocycles. The summed E-state index contributed by atoms with van der Waals surface area (Å²) in [5.41, 5.74) is 0.801. The lowest BCUT2D eigenvalue weighted by molar-refractivity contribution is -0.142. The van der Waals surface area contributed by atoms with Crippen molar-refractivity contribution in [1.29, 1.82) is 0 Å². The number of hydrogen-bond donors (Lipinski definition) is 3. The normalized spacial score (nSPS) is 13.5. The molecule has 0 aliphatic rings. The van der Waals surface area contributed by atoms with Crippen LogP contribution in [0.5, 0.6) is 0 Å². The monoisotopic (exact) mass is 474 g/mol. The van der Waals surface area contributed by atoms with E-state index in [4.69, 9.17) is 4.74 Å². The van der Waals surface area contributed by atoms with Gasteiger partial charge in [0.15, 0.2) is 0 Å². The molecule has 0 spiro atoms. The van der Waals surface area contributed by atoms with Gasteiger partial charge in [-0.3, -0.25) is 9.00 Å². The number of aliphatic carboxylic acids is 1. The minimum Gasteiger partial charge on any atom is -0.480 e.